The molecule has 0 aliphatic carbocycles. The zero-order chi connectivity index (χ0) is 18.5. The number of aromatic nitrogens is 3. The molecule has 0 atom stereocenters. The van der Waals surface area contributed by atoms with Gasteiger partial charge in [-0.25, -0.2) is 4.98 Å². The van der Waals surface area contributed by atoms with Crippen molar-refractivity contribution in [1.29, 1.82) is 0 Å². The van der Waals surface area contributed by atoms with Gasteiger partial charge in [0.25, 0.3) is 5.91 Å². The molecule has 0 spiro atoms. The van der Waals surface area contributed by atoms with E-state index in [0.29, 0.717) is 16.7 Å². The van der Waals surface area contributed by atoms with E-state index in [-0.39, 0.29) is 5.91 Å². The number of rotatable bonds is 4. The molecule has 2 aromatic heterocycles. The van der Waals surface area contributed by atoms with Gasteiger partial charge < -0.3 is 9.64 Å². The maximum atomic E-state index is 12.2. The molecule has 0 bridgehead atoms. The van der Waals surface area contributed by atoms with Gasteiger partial charge >= 0.3 is 0 Å². The van der Waals surface area contributed by atoms with Crippen molar-refractivity contribution in [3.05, 3.63) is 29.4 Å². The standard InChI is InChI=1S/C18H24N6O2S/c25-17(21-18-22-20-13-27-18)14-2-3-16(19-12-14)24-7-1-6-23(8-9-24)15-4-10-26-11-5-15/h2-3,12-13,15H,1,4-11H2,(H,21,22,25). The molecule has 0 radical (unpaired) electrons. The molecule has 4 rings (SSSR count). The van der Waals surface area contributed by atoms with E-state index in [0.717, 1.165) is 64.5 Å². The fraction of sp³-hybridized carbons (Fsp3) is 0.556. The average molecular weight is 388 g/mol. The number of ether oxygens (including phenoxy) is 1. The Bertz CT molecular complexity index is 733. The van der Waals surface area contributed by atoms with Crippen molar-refractivity contribution < 1.29 is 9.53 Å². The Morgan fingerprint density at radius 1 is 1.19 bits per heavy atom. The van der Waals surface area contributed by atoms with Crippen LogP contribution in [0.4, 0.5) is 10.9 Å². The number of hydrogen-bond donors (Lipinski definition) is 1. The highest BCUT2D eigenvalue weighted by atomic mass is 32.1. The largest absolute Gasteiger partial charge is 0.381 e. The van der Waals surface area contributed by atoms with Crippen molar-refractivity contribution in [1.82, 2.24) is 20.1 Å². The molecule has 2 aliphatic rings. The lowest BCUT2D eigenvalue weighted by atomic mass is 10.1. The predicted octanol–water partition coefficient (Wildman–Crippen LogP) is 1.88. The number of amides is 1. The molecule has 2 aromatic rings. The second kappa shape index (κ2) is 8.73. The smallest absolute Gasteiger partial charge is 0.259 e. The van der Waals surface area contributed by atoms with Crippen LogP contribution >= 0.6 is 11.3 Å². The lowest BCUT2D eigenvalue weighted by Crippen LogP contribution is -2.41. The number of pyridine rings is 1. The number of carbonyl (C=O) groups is 1. The number of anilines is 2. The van der Waals surface area contributed by atoms with E-state index in [1.54, 1.807) is 11.7 Å². The monoisotopic (exact) mass is 388 g/mol. The SMILES string of the molecule is O=C(Nc1nncs1)c1ccc(N2CCCN(C3CCOCC3)CC2)nc1. The number of nitrogens with zero attached hydrogens (tertiary/aromatic N) is 5. The molecule has 0 unspecified atom stereocenters. The van der Waals surface area contributed by atoms with Crippen LogP contribution in [-0.2, 0) is 4.74 Å². The fourth-order valence-corrected chi connectivity index (χ4v) is 4.13. The van der Waals surface area contributed by atoms with Gasteiger partial charge in [-0.15, -0.1) is 10.2 Å². The van der Waals surface area contributed by atoms with Gasteiger partial charge in [0.05, 0.1) is 5.56 Å². The van der Waals surface area contributed by atoms with E-state index >= 15 is 0 Å². The third kappa shape index (κ3) is 4.60. The van der Waals surface area contributed by atoms with Crippen LogP contribution < -0.4 is 10.2 Å². The molecule has 1 amide bonds. The molecule has 8 nitrogen and oxygen atoms in total. The van der Waals surface area contributed by atoms with Crippen LogP contribution in [0.1, 0.15) is 29.6 Å². The Kier molecular flexibility index (Phi) is 5.90. The van der Waals surface area contributed by atoms with Crippen LogP contribution in [0.2, 0.25) is 0 Å². The summed E-state index contributed by atoms with van der Waals surface area (Å²) in [7, 11) is 0. The van der Waals surface area contributed by atoms with E-state index in [1.807, 2.05) is 12.1 Å². The minimum Gasteiger partial charge on any atom is -0.381 e. The first-order valence-electron chi connectivity index (χ1n) is 9.40. The van der Waals surface area contributed by atoms with Crippen molar-refractivity contribution in [3.8, 4) is 0 Å². The summed E-state index contributed by atoms with van der Waals surface area (Å²) in [6, 6.07) is 4.40. The second-order valence-electron chi connectivity index (χ2n) is 6.82. The van der Waals surface area contributed by atoms with E-state index in [4.69, 9.17) is 4.74 Å². The molecular formula is C18H24N6O2S. The lowest BCUT2D eigenvalue weighted by Gasteiger charge is -2.33. The molecule has 4 heterocycles. The van der Waals surface area contributed by atoms with Crippen molar-refractivity contribution in [3.63, 3.8) is 0 Å². The van der Waals surface area contributed by atoms with E-state index in [1.165, 1.54) is 11.3 Å². The van der Waals surface area contributed by atoms with Crippen molar-refractivity contribution in [2.24, 2.45) is 0 Å². The number of hydrogen-bond acceptors (Lipinski definition) is 8. The summed E-state index contributed by atoms with van der Waals surface area (Å²) in [4.78, 5) is 21.7. The predicted molar refractivity (Wildman–Crippen MR) is 104 cm³/mol. The summed E-state index contributed by atoms with van der Waals surface area (Å²) >= 11 is 1.29. The molecule has 27 heavy (non-hydrogen) atoms. The van der Waals surface area contributed by atoms with Crippen LogP contribution in [0.5, 0.6) is 0 Å². The summed E-state index contributed by atoms with van der Waals surface area (Å²) in [6.45, 7) is 5.89. The summed E-state index contributed by atoms with van der Waals surface area (Å²) in [5.41, 5.74) is 2.10. The van der Waals surface area contributed by atoms with Gasteiger partial charge in [0, 0.05) is 51.6 Å². The first-order valence-corrected chi connectivity index (χ1v) is 10.3. The first kappa shape index (κ1) is 18.3. The molecule has 2 saturated heterocycles. The van der Waals surface area contributed by atoms with Gasteiger partial charge in [0.15, 0.2) is 0 Å². The second-order valence-corrected chi connectivity index (χ2v) is 7.66. The molecule has 1 N–H and O–H groups in total. The topological polar surface area (TPSA) is 83.5 Å². The highest BCUT2D eigenvalue weighted by molar-refractivity contribution is 7.13. The lowest BCUT2D eigenvalue weighted by molar-refractivity contribution is 0.0365. The van der Waals surface area contributed by atoms with Gasteiger partial charge in [-0.1, -0.05) is 11.3 Å². The minimum absolute atomic E-state index is 0.215. The minimum atomic E-state index is -0.215. The molecular weight excluding hydrogens is 364 g/mol. The van der Waals surface area contributed by atoms with Crippen LogP contribution in [0.25, 0.3) is 0 Å². The van der Waals surface area contributed by atoms with E-state index in [9.17, 15) is 4.79 Å². The third-order valence-corrected chi connectivity index (χ3v) is 5.76. The average Bonchev–Trinajstić information content (AvgIpc) is 3.10. The third-order valence-electron chi connectivity index (χ3n) is 5.15. The quantitative estimate of drug-likeness (QED) is 0.856. The van der Waals surface area contributed by atoms with Crippen molar-refractivity contribution in [2.75, 3.05) is 49.6 Å². The van der Waals surface area contributed by atoms with Gasteiger partial charge in [-0.3, -0.25) is 15.0 Å². The molecule has 0 aromatic carbocycles. The van der Waals surface area contributed by atoms with Crippen molar-refractivity contribution >= 4 is 28.2 Å². The normalized spacial score (nSPS) is 19.6. The van der Waals surface area contributed by atoms with Gasteiger partial charge in [0.1, 0.15) is 11.3 Å². The van der Waals surface area contributed by atoms with E-state index < -0.39 is 0 Å². The molecule has 2 fully saturated rings. The van der Waals surface area contributed by atoms with Crippen LogP contribution in [0.15, 0.2) is 23.8 Å². The van der Waals surface area contributed by atoms with Crippen molar-refractivity contribution in [2.45, 2.75) is 25.3 Å². The van der Waals surface area contributed by atoms with Crippen LogP contribution in [0, 0.1) is 0 Å². The first-order chi connectivity index (χ1) is 13.3. The fourth-order valence-electron chi connectivity index (χ4n) is 3.69. The molecule has 144 valence electrons. The zero-order valence-electron chi connectivity index (χ0n) is 15.2. The number of carbonyl (C=O) groups excluding carboxylic acids is 1. The summed E-state index contributed by atoms with van der Waals surface area (Å²) in [6.07, 6.45) is 5.03. The summed E-state index contributed by atoms with van der Waals surface area (Å²) < 4.78 is 5.49. The maximum Gasteiger partial charge on any atom is 0.259 e. The van der Waals surface area contributed by atoms with E-state index in [2.05, 4.69) is 30.3 Å². The highest BCUT2D eigenvalue weighted by Crippen LogP contribution is 2.20. The molecule has 0 saturated carbocycles. The molecule has 2 aliphatic heterocycles. The zero-order valence-corrected chi connectivity index (χ0v) is 16.0. The maximum absolute atomic E-state index is 12.2. The molecule has 9 heteroatoms. The summed E-state index contributed by atoms with van der Waals surface area (Å²) in [5.74, 6) is 0.712. The Morgan fingerprint density at radius 2 is 2.07 bits per heavy atom. The summed E-state index contributed by atoms with van der Waals surface area (Å²) in [5, 5.41) is 10.8. The van der Waals surface area contributed by atoms with Gasteiger partial charge in [0.2, 0.25) is 5.13 Å². The highest BCUT2D eigenvalue weighted by Gasteiger charge is 2.24. The Labute approximate surface area is 162 Å². The Hall–Kier alpha value is -2.10. The van der Waals surface area contributed by atoms with Gasteiger partial charge in [-0.05, 0) is 31.4 Å². The van der Waals surface area contributed by atoms with Crippen LogP contribution in [-0.4, -0.2) is 71.4 Å². The van der Waals surface area contributed by atoms with Crippen LogP contribution in [0.3, 0.4) is 0 Å². The van der Waals surface area contributed by atoms with Gasteiger partial charge in [-0.2, -0.15) is 0 Å². The Balaban J connectivity index is 1.35. The number of nitrogens with one attached hydrogen (secondary N) is 1. The Morgan fingerprint density at radius 3 is 2.81 bits per heavy atom.